The van der Waals surface area contributed by atoms with Crippen molar-refractivity contribution >= 4 is 49.7 Å². The van der Waals surface area contributed by atoms with Gasteiger partial charge in [0.1, 0.15) is 0 Å². The summed E-state index contributed by atoms with van der Waals surface area (Å²) in [5, 5.41) is 27.3. The number of aliphatic hydroxyl groups excluding tert-OH is 1. The summed E-state index contributed by atoms with van der Waals surface area (Å²) in [7, 11) is 0. The molecule has 60 valence electrons. The molecule has 0 bridgehead atoms. The molecule has 7 heteroatoms. The molecule has 0 aromatic rings. The van der Waals surface area contributed by atoms with Gasteiger partial charge >= 0.3 is 37.7 Å². The van der Waals surface area contributed by atoms with Gasteiger partial charge in [-0.1, -0.05) is 0 Å². The van der Waals surface area contributed by atoms with Gasteiger partial charge in [0.2, 0.25) is 0 Å². The Morgan fingerprint density at radius 3 is 1.82 bits per heavy atom. The Hall–Kier alpha value is 0.120. The van der Waals surface area contributed by atoms with Crippen LogP contribution >= 0.6 is 0 Å². The molecule has 0 saturated heterocycles. The first-order valence-electron chi connectivity index (χ1n) is 2.13. The molecule has 0 spiro atoms. The van der Waals surface area contributed by atoms with E-state index in [9.17, 15) is 19.8 Å². The minimum Gasteiger partial charge on any atom is -0.550 e. The van der Waals surface area contributed by atoms with E-state index in [1.165, 1.54) is 0 Å². The summed E-state index contributed by atoms with van der Waals surface area (Å²) in [4.78, 5) is 19.1. The normalized spacial score (nSPS) is 10.3. The molecule has 6 nitrogen and oxygen atoms in total. The van der Waals surface area contributed by atoms with Crippen molar-refractivity contribution in [2.75, 3.05) is 0 Å². The summed E-state index contributed by atoms with van der Waals surface area (Å²) in [6.07, 6.45) is -2.89. The van der Waals surface area contributed by atoms with Crippen molar-refractivity contribution in [1.82, 2.24) is 6.15 Å². The van der Waals surface area contributed by atoms with Gasteiger partial charge in [-0.25, -0.2) is 0 Å². The number of carboxylic acid groups (broad SMARTS) is 2. The molecule has 1 unspecified atom stereocenters. The van der Waals surface area contributed by atoms with Crippen LogP contribution in [0, 0.1) is 0 Å². The van der Waals surface area contributed by atoms with Crippen LogP contribution in [0.3, 0.4) is 0 Å². The van der Waals surface area contributed by atoms with Crippen LogP contribution in [-0.4, -0.2) is 60.9 Å². The van der Waals surface area contributed by atoms with Crippen molar-refractivity contribution < 1.29 is 24.9 Å². The Labute approximate surface area is 92.8 Å². The largest absolute Gasteiger partial charge is 2.00 e. The zero-order chi connectivity index (χ0) is 7.44. The number of hydrogen-bond acceptors (Lipinski definition) is 6. The monoisotopic (exact) mass is 189 g/mol. The summed E-state index contributed by atoms with van der Waals surface area (Å²) < 4.78 is 0. The molecular weight excluding hydrogens is 182 g/mol. The second-order valence-corrected chi connectivity index (χ2v) is 1.41. The fourth-order valence-corrected chi connectivity index (χ4v) is 0.241. The second-order valence-electron chi connectivity index (χ2n) is 1.41. The summed E-state index contributed by atoms with van der Waals surface area (Å²) in [5.41, 5.74) is 0. The minimum atomic E-state index is -1.96. The van der Waals surface area contributed by atoms with Crippen LogP contribution in [0.5, 0.6) is 0 Å². The second kappa shape index (κ2) is 8.22. The molecule has 0 aliphatic carbocycles. The molecule has 0 aromatic heterocycles. The summed E-state index contributed by atoms with van der Waals surface area (Å²) in [6, 6.07) is 0. The number of carboxylic acids is 2. The van der Waals surface area contributed by atoms with Crippen LogP contribution in [0.1, 0.15) is 6.42 Å². The predicted molar refractivity (Wildman–Crippen MR) is 31.4 cm³/mol. The summed E-state index contributed by atoms with van der Waals surface area (Å²) in [5.74, 6) is -3.43. The van der Waals surface area contributed by atoms with Crippen LogP contribution in [0.2, 0.25) is 0 Å². The van der Waals surface area contributed by atoms with E-state index in [1.807, 2.05) is 0 Å². The van der Waals surface area contributed by atoms with Gasteiger partial charge in [-0.2, -0.15) is 0 Å². The van der Waals surface area contributed by atoms with Gasteiger partial charge in [0.05, 0.1) is 12.1 Å². The van der Waals surface area contributed by atoms with Crippen LogP contribution in [0.25, 0.3) is 0 Å². The fraction of sp³-hybridized carbons (Fsp3) is 0.500. The van der Waals surface area contributed by atoms with E-state index in [-0.39, 0.29) is 43.9 Å². The smallest absolute Gasteiger partial charge is 0.550 e. The Balaban J connectivity index is -0.000000320. The number of aliphatic carboxylic acids is 2. The molecule has 1 atom stereocenters. The third-order valence-corrected chi connectivity index (χ3v) is 0.632. The zero-order valence-electron chi connectivity index (χ0n) is 5.78. The van der Waals surface area contributed by atoms with Gasteiger partial charge in [0.15, 0.2) is 0 Å². The number of carbonyl (C=O) groups is 2. The van der Waals surface area contributed by atoms with Gasteiger partial charge in [-0.3, -0.25) is 0 Å². The number of rotatable bonds is 3. The summed E-state index contributed by atoms with van der Waals surface area (Å²) in [6.45, 7) is 0. The van der Waals surface area contributed by atoms with Crippen molar-refractivity contribution in [2.45, 2.75) is 12.5 Å². The van der Waals surface area contributed by atoms with Gasteiger partial charge in [0, 0.05) is 12.4 Å². The third kappa shape index (κ3) is 10.1. The number of aliphatic hydroxyl groups is 1. The van der Waals surface area contributed by atoms with E-state index in [2.05, 4.69) is 0 Å². The molecule has 0 fully saturated rings. The van der Waals surface area contributed by atoms with Gasteiger partial charge in [0.25, 0.3) is 0 Å². The molecule has 0 heterocycles. The third-order valence-electron chi connectivity index (χ3n) is 0.632. The van der Waals surface area contributed by atoms with Gasteiger partial charge in [-0.15, -0.1) is 0 Å². The van der Waals surface area contributed by atoms with Crippen LogP contribution in [0.4, 0.5) is 0 Å². The maximum atomic E-state index is 9.58. The molecule has 4 N–H and O–H groups in total. The Kier molecular flexibility index (Phi) is 12.9. The zero-order valence-corrected chi connectivity index (χ0v) is 7.99. The molecule has 0 amide bonds. The number of carbonyl (C=O) groups excluding carboxylic acids is 2. The van der Waals surface area contributed by atoms with Crippen LogP contribution < -0.4 is 16.4 Å². The van der Waals surface area contributed by atoms with Crippen LogP contribution in [0.15, 0.2) is 0 Å². The molecule has 11 heavy (non-hydrogen) atoms. The summed E-state index contributed by atoms with van der Waals surface area (Å²) >= 11 is 0. The van der Waals surface area contributed by atoms with E-state index >= 15 is 0 Å². The first-order valence-corrected chi connectivity index (χ1v) is 2.13. The maximum Gasteiger partial charge on any atom is 2.00 e. The Bertz CT molecular complexity index is 138. The first-order chi connectivity index (χ1) is 4.04. The topological polar surface area (TPSA) is 135 Å². The number of hydrogen-bond donors (Lipinski definition) is 2. The first kappa shape index (κ1) is 17.3. The van der Waals surface area contributed by atoms with E-state index in [4.69, 9.17) is 5.11 Å². The van der Waals surface area contributed by atoms with Crippen LogP contribution in [-0.2, 0) is 9.59 Å². The average Bonchev–Trinajstić information content (AvgIpc) is 1.63. The molecular formula is C4H7CaNO5. The van der Waals surface area contributed by atoms with E-state index in [0.717, 1.165) is 0 Å². The maximum absolute atomic E-state index is 9.58. The predicted octanol–water partition coefficient (Wildman–Crippen LogP) is -3.98. The molecule has 0 radical (unpaired) electrons. The Morgan fingerprint density at radius 2 is 1.73 bits per heavy atom. The fourth-order valence-electron chi connectivity index (χ4n) is 0.241. The standard InChI is InChI=1S/C4H6O5.Ca.H3N/c5-2(4(8)9)1-3(6)7;;/h2,5H,1H2,(H,6,7)(H,8,9);;1H3/q;+2;/p-2. The Morgan fingerprint density at radius 1 is 1.36 bits per heavy atom. The van der Waals surface area contributed by atoms with Crippen molar-refractivity contribution in [3.05, 3.63) is 0 Å². The minimum absolute atomic E-state index is 0. The van der Waals surface area contributed by atoms with E-state index in [1.54, 1.807) is 0 Å². The molecule has 0 rings (SSSR count). The quantitative estimate of drug-likeness (QED) is 0.434. The van der Waals surface area contributed by atoms with Crippen molar-refractivity contribution in [1.29, 1.82) is 0 Å². The molecule has 0 aromatic carbocycles. The van der Waals surface area contributed by atoms with Crippen molar-refractivity contribution in [3.63, 3.8) is 0 Å². The van der Waals surface area contributed by atoms with E-state index in [0.29, 0.717) is 0 Å². The van der Waals surface area contributed by atoms with Crippen molar-refractivity contribution in [2.24, 2.45) is 0 Å². The molecule has 0 aliphatic heterocycles. The SMILES string of the molecule is N.O=C([O-])CC(O)C(=O)[O-].[Ca+2]. The average molecular weight is 189 g/mol. The molecule has 0 saturated carbocycles. The van der Waals surface area contributed by atoms with Gasteiger partial charge < -0.3 is 31.1 Å². The van der Waals surface area contributed by atoms with Crippen molar-refractivity contribution in [3.8, 4) is 0 Å². The van der Waals surface area contributed by atoms with E-state index < -0.39 is 24.5 Å². The van der Waals surface area contributed by atoms with Gasteiger partial charge in [-0.05, 0) is 0 Å². The molecule has 0 aliphatic rings.